The van der Waals surface area contributed by atoms with E-state index in [1.165, 1.54) is 18.7 Å². The molecule has 0 fully saturated rings. The number of para-hydroxylation sites is 1. The van der Waals surface area contributed by atoms with Crippen LogP contribution in [0.5, 0.6) is 5.75 Å². The molecule has 0 heterocycles. The predicted molar refractivity (Wildman–Crippen MR) is 99.1 cm³/mol. The van der Waals surface area contributed by atoms with Crippen LogP contribution in [-0.4, -0.2) is 30.8 Å². The maximum Gasteiger partial charge on any atom is 0.317 e. The van der Waals surface area contributed by atoms with Crippen LogP contribution < -0.4 is 10.1 Å². The number of benzene rings is 2. The molecule has 0 saturated heterocycles. The number of amides is 1. The number of nitrogens with zero attached hydrogens (tertiary/aromatic N) is 1. The van der Waals surface area contributed by atoms with Crippen LogP contribution >= 0.6 is 11.8 Å². The minimum atomic E-state index is -0.967. The summed E-state index contributed by atoms with van der Waals surface area (Å²) < 4.78 is 10.2. The monoisotopic (exact) mass is 370 g/mol. The van der Waals surface area contributed by atoms with Gasteiger partial charge in [0.2, 0.25) is 0 Å². The van der Waals surface area contributed by atoms with Crippen molar-refractivity contribution in [3.8, 4) is 11.8 Å². The second-order valence-corrected chi connectivity index (χ2v) is 6.29. The Hall–Kier alpha value is -2.98. The lowest BCUT2D eigenvalue weighted by atomic mass is 10.2. The molecule has 6 nitrogen and oxygen atoms in total. The highest BCUT2D eigenvalue weighted by Crippen LogP contribution is 2.21. The summed E-state index contributed by atoms with van der Waals surface area (Å²) in [6, 6.07) is 15.9. The summed E-state index contributed by atoms with van der Waals surface area (Å²) in [7, 11) is 1.58. The number of hydrogen-bond acceptors (Lipinski definition) is 6. The molecule has 0 saturated carbocycles. The molecule has 7 heteroatoms. The second-order valence-electron chi connectivity index (χ2n) is 5.24. The maximum absolute atomic E-state index is 12.1. The van der Waals surface area contributed by atoms with Gasteiger partial charge in [-0.25, -0.2) is 0 Å². The standard InChI is InChI=1S/C19H18N2O4S/c1-13(19(23)21-17-6-4-3-5-14(17)11-20)25-18(22)12-26-16-9-7-15(24-2)8-10-16/h3-10,13H,12H2,1-2H3,(H,21,23)/t13-/m0/s1. The summed E-state index contributed by atoms with van der Waals surface area (Å²) in [5.41, 5.74) is 0.727. The van der Waals surface area contributed by atoms with Crippen molar-refractivity contribution in [2.45, 2.75) is 17.9 Å². The lowest BCUT2D eigenvalue weighted by Gasteiger charge is -2.14. The molecule has 2 rings (SSSR count). The molecule has 2 aromatic carbocycles. The average molecular weight is 370 g/mol. The van der Waals surface area contributed by atoms with E-state index in [1.807, 2.05) is 18.2 Å². The fraction of sp³-hybridized carbons (Fsp3) is 0.211. The van der Waals surface area contributed by atoms with E-state index in [1.54, 1.807) is 43.5 Å². The van der Waals surface area contributed by atoms with Crippen LogP contribution in [0.25, 0.3) is 0 Å². The Morgan fingerprint density at radius 1 is 1.19 bits per heavy atom. The summed E-state index contributed by atoms with van der Waals surface area (Å²) in [5, 5.41) is 11.6. The molecular weight excluding hydrogens is 352 g/mol. The second kappa shape index (κ2) is 9.49. The Bertz CT molecular complexity index is 815. The van der Waals surface area contributed by atoms with Gasteiger partial charge >= 0.3 is 5.97 Å². The van der Waals surface area contributed by atoms with E-state index in [-0.39, 0.29) is 5.75 Å². The molecule has 1 N–H and O–H groups in total. The molecule has 0 radical (unpaired) electrons. The van der Waals surface area contributed by atoms with E-state index in [0.717, 1.165) is 10.6 Å². The molecule has 1 atom stereocenters. The highest BCUT2D eigenvalue weighted by molar-refractivity contribution is 8.00. The van der Waals surface area contributed by atoms with Crippen molar-refractivity contribution in [1.82, 2.24) is 0 Å². The molecule has 2 aromatic rings. The van der Waals surface area contributed by atoms with Crippen molar-refractivity contribution < 1.29 is 19.1 Å². The normalized spacial score (nSPS) is 11.1. The number of methoxy groups -OCH3 is 1. The number of thioether (sulfide) groups is 1. The lowest BCUT2D eigenvalue weighted by molar-refractivity contribution is -0.150. The van der Waals surface area contributed by atoms with Gasteiger partial charge in [0.05, 0.1) is 24.1 Å². The Morgan fingerprint density at radius 3 is 2.54 bits per heavy atom. The van der Waals surface area contributed by atoms with Crippen molar-refractivity contribution in [1.29, 1.82) is 5.26 Å². The largest absolute Gasteiger partial charge is 0.497 e. The zero-order valence-electron chi connectivity index (χ0n) is 14.4. The maximum atomic E-state index is 12.1. The van der Waals surface area contributed by atoms with E-state index in [4.69, 9.17) is 14.7 Å². The van der Waals surface area contributed by atoms with E-state index in [9.17, 15) is 9.59 Å². The minimum absolute atomic E-state index is 0.0821. The van der Waals surface area contributed by atoms with Crippen LogP contribution in [0.15, 0.2) is 53.4 Å². The van der Waals surface area contributed by atoms with E-state index >= 15 is 0 Å². The Kier molecular flexibility index (Phi) is 7.06. The molecule has 134 valence electrons. The Balaban J connectivity index is 1.83. The van der Waals surface area contributed by atoms with Gasteiger partial charge in [0.1, 0.15) is 11.8 Å². The number of hydrogen-bond donors (Lipinski definition) is 1. The third-order valence-electron chi connectivity index (χ3n) is 3.40. The highest BCUT2D eigenvalue weighted by Gasteiger charge is 2.19. The summed E-state index contributed by atoms with van der Waals surface area (Å²) in [4.78, 5) is 25.0. The van der Waals surface area contributed by atoms with Gasteiger partial charge in [-0.2, -0.15) is 5.26 Å². The molecule has 26 heavy (non-hydrogen) atoms. The van der Waals surface area contributed by atoms with E-state index in [0.29, 0.717) is 11.3 Å². The molecule has 0 aliphatic carbocycles. The van der Waals surface area contributed by atoms with Gasteiger partial charge < -0.3 is 14.8 Å². The molecule has 0 unspecified atom stereocenters. The summed E-state index contributed by atoms with van der Waals surface area (Å²) in [6.07, 6.45) is -0.967. The van der Waals surface area contributed by atoms with Crippen LogP contribution in [0.2, 0.25) is 0 Å². The lowest BCUT2D eigenvalue weighted by Crippen LogP contribution is -2.30. The van der Waals surface area contributed by atoms with Crippen LogP contribution in [0, 0.1) is 11.3 Å². The predicted octanol–water partition coefficient (Wildman–Crippen LogP) is 3.23. The van der Waals surface area contributed by atoms with Crippen LogP contribution in [-0.2, 0) is 14.3 Å². The fourth-order valence-corrected chi connectivity index (χ4v) is 2.70. The van der Waals surface area contributed by atoms with Crippen LogP contribution in [0.3, 0.4) is 0 Å². The topological polar surface area (TPSA) is 88.4 Å². The molecule has 0 aromatic heterocycles. The quantitative estimate of drug-likeness (QED) is 0.595. The van der Waals surface area contributed by atoms with Gasteiger partial charge in [0.15, 0.2) is 6.10 Å². The number of carbonyl (C=O) groups is 2. The zero-order valence-corrected chi connectivity index (χ0v) is 15.2. The SMILES string of the molecule is COc1ccc(SCC(=O)O[C@@H](C)C(=O)Nc2ccccc2C#N)cc1. The van der Waals surface area contributed by atoms with Crippen molar-refractivity contribution in [2.75, 3.05) is 18.2 Å². The number of anilines is 1. The molecule has 1 amide bonds. The van der Waals surface area contributed by atoms with Crippen molar-refractivity contribution in [2.24, 2.45) is 0 Å². The third kappa shape index (κ3) is 5.53. The van der Waals surface area contributed by atoms with Crippen LogP contribution in [0.4, 0.5) is 5.69 Å². The third-order valence-corrected chi connectivity index (χ3v) is 4.38. The molecule has 0 bridgehead atoms. The van der Waals surface area contributed by atoms with Gasteiger partial charge in [-0.3, -0.25) is 9.59 Å². The first-order valence-corrected chi connectivity index (χ1v) is 8.78. The minimum Gasteiger partial charge on any atom is -0.497 e. The molecule has 0 spiro atoms. The molecular formula is C19H18N2O4S. The van der Waals surface area contributed by atoms with Gasteiger partial charge in [-0.15, -0.1) is 11.8 Å². The number of esters is 1. The van der Waals surface area contributed by atoms with Gasteiger partial charge in [-0.1, -0.05) is 12.1 Å². The van der Waals surface area contributed by atoms with Gasteiger partial charge in [-0.05, 0) is 43.3 Å². The first kappa shape index (κ1) is 19.3. The summed E-state index contributed by atoms with van der Waals surface area (Å²) in [6.45, 7) is 1.49. The Morgan fingerprint density at radius 2 is 1.88 bits per heavy atom. The number of nitriles is 1. The summed E-state index contributed by atoms with van der Waals surface area (Å²) in [5.74, 6) is -0.170. The van der Waals surface area contributed by atoms with Crippen LogP contribution in [0.1, 0.15) is 12.5 Å². The number of rotatable bonds is 7. The van der Waals surface area contributed by atoms with Crippen molar-refractivity contribution >= 4 is 29.3 Å². The number of carbonyl (C=O) groups excluding carboxylic acids is 2. The van der Waals surface area contributed by atoms with Crippen molar-refractivity contribution in [3.05, 3.63) is 54.1 Å². The van der Waals surface area contributed by atoms with Crippen molar-refractivity contribution in [3.63, 3.8) is 0 Å². The highest BCUT2D eigenvalue weighted by atomic mass is 32.2. The first-order valence-electron chi connectivity index (χ1n) is 7.80. The smallest absolute Gasteiger partial charge is 0.317 e. The number of nitrogens with one attached hydrogen (secondary N) is 1. The van der Waals surface area contributed by atoms with E-state index in [2.05, 4.69) is 5.32 Å². The first-order chi connectivity index (χ1) is 12.5. The Labute approximate surface area is 156 Å². The average Bonchev–Trinajstić information content (AvgIpc) is 2.67. The number of ether oxygens (including phenoxy) is 2. The van der Waals surface area contributed by atoms with Gasteiger partial charge in [0.25, 0.3) is 5.91 Å². The van der Waals surface area contributed by atoms with Gasteiger partial charge in [0, 0.05) is 4.90 Å². The summed E-state index contributed by atoms with van der Waals surface area (Å²) >= 11 is 1.31. The van der Waals surface area contributed by atoms with E-state index < -0.39 is 18.0 Å². The molecule has 0 aliphatic heterocycles. The fourth-order valence-electron chi connectivity index (χ4n) is 2.02. The zero-order chi connectivity index (χ0) is 18.9. The molecule has 0 aliphatic rings.